The van der Waals surface area contributed by atoms with Crippen molar-refractivity contribution in [3.05, 3.63) is 53.1 Å². The summed E-state index contributed by atoms with van der Waals surface area (Å²) in [6.45, 7) is 4.10. The summed E-state index contributed by atoms with van der Waals surface area (Å²) in [5, 5.41) is 9.99. The average molecular weight is 765 g/mol. The molecule has 0 radical (unpaired) electrons. The van der Waals surface area contributed by atoms with Crippen LogP contribution in [0, 0.1) is 23.7 Å². The van der Waals surface area contributed by atoms with Crippen LogP contribution in [0.25, 0.3) is 30.1 Å². The van der Waals surface area contributed by atoms with E-state index in [2.05, 4.69) is 24.5 Å². The first-order valence-electron chi connectivity index (χ1n) is 17.9. The van der Waals surface area contributed by atoms with Crippen LogP contribution in [0.1, 0.15) is 78.7 Å². The van der Waals surface area contributed by atoms with Crippen molar-refractivity contribution in [2.75, 3.05) is 10.6 Å². The SMILES string of the molecule is CC1(C)Oc2c(sc3nc(NC4C(=O)c5cc6ccccc6cc5C4=O)sc23)-c2sc3c(c21)SC(N=C1C(=O)C2CC4CCCCC4CC2C1=O)N3. The molecule has 5 unspecified atom stereocenters. The molecule has 0 spiro atoms. The molecule has 5 atom stereocenters. The normalized spacial score (nSPS) is 27.2. The molecule has 2 aromatic carbocycles. The van der Waals surface area contributed by atoms with Gasteiger partial charge in [0.1, 0.15) is 25.8 Å². The van der Waals surface area contributed by atoms with Gasteiger partial charge in [-0.1, -0.05) is 73.0 Å². The Morgan fingerprint density at radius 3 is 2.17 bits per heavy atom. The first-order chi connectivity index (χ1) is 25.1. The number of ether oxygens (including phenoxy) is 1. The van der Waals surface area contributed by atoms with Gasteiger partial charge in [-0.25, -0.2) is 9.98 Å². The number of nitrogens with zero attached hydrogens (tertiary/aromatic N) is 2. The number of ketones is 4. The zero-order valence-corrected chi connectivity index (χ0v) is 31.5. The number of carbonyl (C=O) groups excluding carboxylic acids is 4. The van der Waals surface area contributed by atoms with Gasteiger partial charge in [0, 0.05) is 28.5 Å². The first-order valence-corrected chi connectivity index (χ1v) is 21.2. The molecule has 52 heavy (non-hydrogen) atoms. The zero-order valence-electron chi connectivity index (χ0n) is 28.2. The van der Waals surface area contributed by atoms with Crippen molar-refractivity contribution in [3.8, 4) is 15.5 Å². The van der Waals surface area contributed by atoms with Crippen LogP contribution < -0.4 is 15.4 Å². The summed E-state index contributed by atoms with van der Waals surface area (Å²) in [5.74, 6) is 0.921. The molecule has 2 aliphatic heterocycles. The minimum atomic E-state index is -1.02. The molecule has 262 valence electrons. The lowest BCUT2D eigenvalue weighted by atomic mass is 9.64. The minimum Gasteiger partial charge on any atom is -0.480 e. The number of benzene rings is 2. The van der Waals surface area contributed by atoms with Crippen molar-refractivity contribution in [1.29, 1.82) is 0 Å². The van der Waals surface area contributed by atoms with Gasteiger partial charge in [-0.15, -0.1) is 22.7 Å². The van der Waals surface area contributed by atoms with Gasteiger partial charge >= 0.3 is 0 Å². The molecule has 13 heteroatoms. The Labute approximate surface area is 314 Å². The van der Waals surface area contributed by atoms with Gasteiger partial charge in [-0.05, 0) is 61.4 Å². The Balaban J connectivity index is 0.860. The predicted octanol–water partition coefficient (Wildman–Crippen LogP) is 8.95. The molecule has 3 aromatic heterocycles. The van der Waals surface area contributed by atoms with Gasteiger partial charge < -0.3 is 15.4 Å². The number of thioether (sulfide) groups is 1. The van der Waals surface area contributed by atoms with E-state index in [1.54, 1.807) is 23.1 Å². The van der Waals surface area contributed by atoms with Gasteiger partial charge in [0.2, 0.25) is 0 Å². The highest BCUT2D eigenvalue weighted by molar-refractivity contribution is 8.00. The molecule has 11 rings (SSSR count). The lowest BCUT2D eigenvalue weighted by Gasteiger charge is -2.40. The fraction of sp³-hybridized carbons (Fsp3) is 0.385. The van der Waals surface area contributed by atoms with Crippen molar-refractivity contribution in [2.45, 2.75) is 74.4 Å². The van der Waals surface area contributed by atoms with E-state index in [-0.39, 0.29) is 40.7 Å². The largest absolute Gasteiger partial charge is 0.480 e. The zero-order chi connectivity index (χ0) is 35.2. The second-order valence-corrected chi connectivity index (χ2v) is 19.5. The molecule has 3 saturated carbocycles. The van der Waals surface area contributed by atoms with Crippen LogP contribution in [0.2, 0.25) is 0 Å². The van der Waals surface area contributed by atoms with Crippen LogP contribution in [0.3, 0.4) is 0 Å². The molecule has 0 bridgehead atoms. The standard InChI is InChI=1S/C39H32N4O5S4/c1-39(2)23-31(49-35-32(23)51-37(42-35)40-24-26(44)19-11-15-7-3-4-8-16(15)12-20(19)27(24)45)33-30(48-39)34-36(50-33)43-38(52-34)41-25-28(46)21-13-17-9-5-6-10-18(17)14-22(21)29(25)47/h5-6,9-10,13-16,19-20,25,37,42H,3-4,7-8,11-12H2,1-2H3,(H,41,43). The van der Waals surface area contributed by atoms with Crippen molar-refractivity contribution < 1.29 is 23.9 Å². The number of nitrogens with one attached hydrogen (secondary N) is 2. The monoisotopic (exact) mass is 764 g/mol. The number of hydrogen-bond acceptors (Lipinski definition) is 13. The highest BCUT2D eigenvalue weighted by Crippen LogP contribution is 2.62. The Hall–Kier alpha value is -3.91. The molecule has 9 nitrogen and oxygen atoms in total. The number of aliphatic imine (C=N–C) groups is 1. The maximum Gasteiger partial charge on any atom is 0.193 e. The van der Waals surface area contributed by atoms with E-state index in [0.717, 1.165) is 64.1 Å². The summed E-state index contributed by atoms with van der Waals surface area (Å²) in [6, 6.07) is 10.3. The number of Topliss-reactive ketones (excluding diaryl/α,β-unsaturated/α-hetero) is 4. The number of fused-ring (bicyclic) bond motifs is 11. The summed E-state index contributed by atoms with van der Waals surface area (Å²) in [5.41, 5.74) is 0.991. The molecule has 2 N–H and O–H groups in total. The number of carbonyl (C=O) groups is 4. The maximum absolute atomic E-state index is 13.6. The van der Waals surface area contributed by atoms with Crippen LogP contribution in [0.4, 0.5) is 10.1 Å². The number of hydrogen-bond donors (Lipinski definition) is 2. The second-order valence-electron chi connectivity index (χ2n) is 15.4. The minimum absolute atomic E-state index is 0.0493. The number of thiophene rings is 2. The fourth-order valence-electron chi connectivity index (χ4n) is 9.53. The van der Waals surface area contributed by atoms with Crippen LogP contribution in [-0.2, 0) is 15.2 Å². The fourth-order valence-corrected chi connectivity index (χ4v) is 14.8. The Kier molecular flexibility index (Phi) is 6.72. The summed E-state index contributed by atoms with van der Waals surface area (Å²) >= 11 is 6.12. The van der Waals surface area contributed by atoms with Crippen molar-refractivity contribution in [1.82, 2.24) is 4.98 Å². The quantitative estimate of drug-likeness (QED) is 0.173. The molecule has 5 heterocycles. The van der Waals surface area contributed by atoms with E-state index < -0.39 is 17.1 Å². The van der Waals surface area contributed by atoms with Crippen molar-refractivity contribution in [2.24, 2.45) is 28.7 Å². The second kappa shape index (κ2) is 11.1. The van der Waals surface area contributed by atoms with Gasteiger partial charge in [-0.3, -0.25) is 19.2 Å². The van der Waals surface area contributed by atoms with Gasteiger partial charge in [0.05, 0.1) is 14.6 Å². The molecule has 4 aliphatic carbocycles. The van der Waals surface area contributed by atoms with E-state index in [0.29, 0.717) is 28.1 Å². The van der Waals surface area contributed by atoms with Gasteiger partial charge in [0.25, 0.3) is 0 Å². The van der Waals surface area contributed by atoms with E-state index in [1.807, 2.05) is 36.4 Å². The average Bonchev–Trinajstić information content (AvgIpc) is 3.95. The van der Waals surface area contributed by atoms with Crippen molar-refractivity contribution in [3.63, 3.8) is 0 Å². The van der Waals surface area contributed by atoms with Gasteiger partial charge in [0.15, 0.2) is 45.6 Å². The lowest BCUT2D eigenvalue weighted by molar-refractivity contribution is -0.123. The molecular weight excluding hydrogens is 733 g/mol. The third-order valence-electron chi connectivity index (χ3n) is 12.0. The Morgan fingerprint density at radius 1 is 0.865 bits per heavy atom. The molecular formula is C39H32N4O5S4. The number of aromatic nitrogens is 1. The van der Waals surface area contributed by atoms with Gasteiger partial charge in [-0.2, -0.15) is 0 Å². The van der Waals surface area contributed by atoms with Crippen LogP contribution in [0.15, 0.2) is 46.3 Å². The topological polar surface area (TPSA) is 127 Å². The molecule has 5 aromatic rings. The van der Waals surface area contributed by atoms with Crippen LogP contribution in [-0.4, -0.2) is 45.4 Å². The lowest BCUT2D eigenvalue weighted by Crippen LogP contribution is -2.35. The van der Waals surface area contributed by atoms with E-state index >= 15 is 0 Å². The Morgan fingerprint density at radius 2 is 1.52 bits per heavy atom. The summed E-state index contributed by atoms with van der Waals surface area (Å²) in [4.78, 5) is 67.5. The maximum atomic E-state index is 13.6. The third-order valence-corrected chi connectivity index (χ3v) is 16.7. The first kappa shape index (κ1) is 31.6. The summed E-state index contributed by atoms with van der Waals surface area (Å²) in [7, 11) is 0. The van der Waals surface area contributed by atoms with Crippen LogP contribution >= 0.6 is 45.8 Å². The van der Waals surface area contributed by atoms with Crippen molar-refractivity contribution >= 4 is 105 Å². The van der Waals surface area contributed by atoms with E-state index in [9.17, 15) is 19.2 Å². The number of anilines is 2. The molecule has 6 aliphatic rings. The van der Waals surface area contributed by atoms with Crippen LogP contribution in [0.5, 0.6) is 5.75 Å². The highest BCUT2D eigenvalue weighted by Gasteiger charge is 2.53. The summed E-state index contributed by atoms with van der Waals surface area (Å²) < 4.78 is 7.63. The smallest absolute Gasteiger partial charge is 0.193 e. The Bertz CT molecular complexity index is 2420. The molecule has 3 fully saturated rings. The highest BCUT2D eigenvalue weighted by atomic mass is 32.2. The summed E-state index contributed by atoms with van der Waals surface area (Å²) in [6.07, 6.45) is 6.50. The van der Waals surface area contributed by atoms with E-state index in [1.165, 1.54) is 48.4 Å². The molecule has 0 amide bonds. The number of thiazole rings is 1. The third kappa shape index (κ3) is 4.45. The predicted molar refractivity (Wildman–Crippen MR) is 207 cm³/mol. The van der Waals surface area contributed by atoms with E-state index in [4.69, 9.17) is 14.7 Å². The number of rotatable bonds is 3. The molecule has 0 saturated heterocycles.